The third-order valence-corrected chi connectivity index (χ3v) is 5.86. The molecule has 0 aliphatic heterocycles. The number of hydrogen-bond acceptors (Lipinski definition) is 6. The first-order chi connectivity index (χ1) is 17.5. The van der Waals surface area contributed by atoms with Gasteiger partial charge in [0.2, 0.25) is 5.91 Å². The van der Waals surface area contributed by atoms with Gasteiger partial charge in [-0.25, -0.2) is 9.97 Å². The number of amides is 1. The van der Waals surface area contributed by atoms with Crippen LogP contribution in [-0.4, -0.2) is 38.1 Å². The highest BCUT2D eigenvalue weighted by molar-refractivity contribution is 5.93. The summed E-state index contributed by atoms with van der Waals surface area (Å²) in [5.74, 6) is 0.0231. The summed E-state index contributed by atoms with van der Waals surface area (Å²) in [4.78, 5) is 46.1. The first kappa shape index (κ1) is 23.0. The molecule has 3 aromatic carbocycles. The van der Waals surface area contributed by atoms with Crippen LogP contribution in [0.25, 0.3) is 27.6 Å². The molecule has 2 aromatic heterocycles. The summed E-state index contributed by atoms with van der Waals surface area (Å²) in [5.41, 5.74) is 3.37. The molecule has 0 bridgehead atoms. The van der Waals surface area contributed by atoms with E-state index >= 15 is 0 Å². The Hall–Kier alpha value is -4.79. The Morgan fingerprint density at radius 1 is 0.972 bits per heavy atom. The Morgan fingerprint density at radius 2 is 1.75 bits per heavy atom. The van der Waals surface area contributed by atoms with Crippen molar-refractivity contribution in [1.29, 1.82) is 0 Å². The maximum absolute atomic E-state index is 12.8. The van der Waals surface area contributed by atoms with Crippen LogP contribution in [-0.2, 0) is 27.3 Å². The minimum atomic E-state index is -0.552. The standard InChI is InChI=1S/C27H23N5O4/c1-36-26(34)16-31-17-28-21-12-11-18(15-20(21)27(31)35)29-25(33)14-13-24-30-22-9-5-6-10-23(22)32(24)19-7-3-2-4-8-19/h2-12,15,17H,13-14,16H2,1H3,(H,29,33). The van der Waals surface area contributed by atoms with Crippen LogP contribution in [0.1, 0.15) is 12.2 Å². The van der Waals surface area contributed by atoms with E-state index in [0.717, 1.165) is 22.5 Å². The Bertz CT molecular complexity index is 1640. The molecule has 5 aromatic rings. The number of imidazole rings is 1. The van der Waals surface area contributed by atoms with E-state index in [1.807, 2.05) is 54.6 Å². The average Bonchev–Trinajstić information content (AvgIpc) is 3.28. The van der Waals surface area contributed by atoms with Gasteiger partial charge in [-0.15, -0.1) is 0 Å². The third kappa shape index (κ3) is 4.58. The molecule has 36 heavy (non-hydrogen) atoms. The second kappa shape index (κ2) is 9.83. The molecular formula is C27H23N5O4. The lowest BCUT2D eigenvalue weighted by molar-refractivity contribution is -0.141. The lowest BCUT2D eigenvalue weighted by Crippen LogP contribution is -2.25. The molecule has 1 N–H and O–H groups in total. The average molecular weight is 482 g/mol. The van der Waals surface area contributed by atoms with E-state index in [9.17, 15) is 14.4 Å². The molecular weight excluding hydrogens is 458 g/mol. The van der Waals surface area contributed by atoms with Gasteiger partial charge in [0, 0.05) is 24.2 Å². The largest absolute Gasteiger partial charge is 0.468 e. The molecule has 180 valence electrons. The number of aryl methyl sites for hydroxylation is 1. The lowest BCUT2D eigenvalue weighted by Gasteiger charge is -2.10. The Kier molecular flexibility index (Phi) is 6.27. The van der Waals surface area contributed by atoms with E-state index in [2.05, 4.69) is 19.6 Å². The number of benzene rings is 3. The number of esters is 1. The summed E-state index contributed by atoms with van der Waals surface area (Å²) in [7, 11) is 1.25. The van der Waals surface area contributed by atoms with E-state index in [-0.39, 0.29) is 18.9 Å². The van der Waals surface area contributed by atoms with Gasteiger partial charge in [-0.1, -0.05) is 30.3 Å². The van der Waals surface area contributed by atoms with Gasteiger partial charge in [0.05, 0.1) is 35.4 Å². The van der Waals surface area contributed by atoms with Crippen LogP contribution in [0.2, 0.25) is 0 Å². The first-order valence-corrected chi connectivity index (χ1v) is 11.4. The van der Waals surface area contributed by atoms with Gasteiger partial charge in [-0.2, -0.15) is 0 Å². The zero-order valence-electron chi connectivity index (χ0n) is 19.5. The number of rotatable bonds is 7. The number of hydrogen-bond donors (Lipinski definition) is 1. The quantitative estimate of drug-likeness (QED) is 0.357. The van der Waals surface area contributed by atoms with E-state index in [4.69, 9.17) is 4.98 Å². The number of methoxy groups -OCH3 is 1. The number of carbonyl (C=O) groups is 2. The van der Waals surface area contributed by atoms with Crippen LogP contribution in [0, 0.1) is 0 Å². The van der Waals surface area contributed by atoms with Crippen LogP contribution in [0.3, 0.4) is 0 Å². The molecule has 2 heterocycles. The van der Waals surface area contributed by atoms with Crippen LogP contribution in [0.4, 0.5) is 5.69 Å². The summed E-state index contributed by atoms with van der Waals surface area (Å²) in [5, 5.41) is 3.15. The Balaban J connectivity index is 1.36. The van der Waals surface area contributed by atoms with Crippen LogP contribution in [0.5, 0.6) is 0 Å². The molecule has 0 radical (unpaired) electrons. The number of fused-ring (bicyclic) bond motifs is 2. The number of ether oxygens (including phenoxy) is 1. The number of para-hydroxylation sites is 3. The van der Waals surface area contributed by atoms with Crippen molar-refractivity contribution in [3.63, 3.8) is 0 Å². The smallest absolute Gasteiger partial charge is 0.325 e. The SMILES string of the molecule is COC(=O)Cn1cnc2ccc(NC(=O)CCc3nc4ccccc4n3-c3ccccc3)cc2c1=O. The lowest BCUT2D eigenvalue weighted by atomic mass is 10.2. The fraction of sp³-hybridized carbons (Fsp3) is 0.148. The predicted molar refractivity (Wildman–Crippen MR) is 136 cm³/mol. The van der Waals surface area contributed by atoms with E-state index in [0.29, 0.717) is 23.0 Å². The highest BCUT2D eigenvalue weighted by Crippen LogP contribution is 2.22. The maximum Gasteiger partial charge on any atom is 0.325 e. The fourth-order valence-corrected chi connectivity index (χ4v) is 4.11. The highest BCUT2D eigenvalue weighted by atomic mass is 16.5. The van der Waals surface area contributed by atoms with Crippen molar-refractivity contribution in [3.05, 3.63) is 95.3 Å². The molecule has 5 rings (SSSR count). The predicted octanol–water partition coefficient (Wildman–Crippen LogP) is 3.48. The number of aromatic nitrogens is 4. The number of anilines is 1. The summed E-state index contributed by atoms with van der Waals surface area (Å²) in [6.07, 6.45) is 1.93. The monoisotopic (exact) mass is 481 g/mol. The van der Waals surface area contributed by atoms with Gasteiger partial charge in [0.1, 0.15) is 12.4 Å². The second-order valence-corrected chi connectivity index (χ2v) is 8.22. The van der Waals surface area contributed by atoms with E-state index in [1.165, 1.54) is 18.0 Å². The first-order valence-electron chi connectivity index (χ1n) is 11.4. The molecule has 9 heteroatoms. The topological polar surface area (TPSA) is 108 Å². The second-order valence-electron chi connectivity index (χ2n) is 8.22. The van der Waals surface area contributed by atoms with Crippen LogP contribution < -0.4 is 10.9 Å². The van der Waals surface area contributed by atoms with Crippen LogP contribution in [0.15, 0.2) is 83.9 Å². The molecule has 0 saturated carbocycles. The van der Waals surface area contributed by atoms with E-state index < -0.39 is 11.5 Å². The van der Waals surface area contributed by atoms with Gasteiger partial charge in [-0.05, 0) is 42.5 Å². The summed E-state index contributed by atoms with van der Waals surface area (Å²) in [6, 6.07) is 22.7. The zero-order valence-corrected chi connectivity index (χ0v) is 19.5. The van der Waals surface area contributed by atoms with Gasteiger partial charge >= 0.3 is 5.97 Å². The molecule has 0 unspecified atom stereocenters. The van der Waals surface area contributed by atoms with Gasteiger partial charge < -0.3 is 10.1 Å². The molecule has 0 spiro atoms. The van der Waals surface area contributed by atoms with Gasteiger partial charge in [-0.3, -0.25) is 23.5 Å². The molecule has 9 nitrogen and oxygen atoms in total. The number of nitrogens with zero attached hydrogens (tertiary/aromatic N) is 4. The summed E-state index contributed by atoms with van der Waals surface area (Å²) < 4.78 is 7.86. The molecule has 0 aliphatic carbocycles. The van der Waals surface area contributed by atoms with Crippen molar-refractivity contribution >= 4 is 39.5 Å². The van der Waals surface area contributed by atoms with Crippen molar-refractivity contribution in [3.8, 4) is 5.69 Å². The van der Waals surface area contributed by atoms with E-state index in [1.54, 1.807) is 18.2 Å². The van der Waals surface area contributed by atoms with Crippen LogP contribution >= 0.6 is 0 Å². The van der Waals surface area contributed by atoms with Crippen molar-refractivity contribution in [1.82, 2.24) is 19.1 Å². The Morgan fingerprint density at radius 3 is 2.56 bits per heavy atom. The molecule has 1 amide bonds. The number of nitrogens with one attached hydrogen (secondary N) is 1. The highest BCUT2D eigenvalue weighted by Gasteiger charge is 2.14. The normalized spacial score (nSPS) is 11.0. The summed E-state index contributed by atoms with van der Waals surface area (Å²) in [6.45, 7) is -0.239. The minimum absolute atomic E-state index is 0.202. The summed E-state index contributed by atoms with van der Waals surface area (Å²) >= 11 is 0. The molecule has 0 atom stereocenters. The van der Waals surface area contributed by atoms with Crippen molar-refractivity contribution in [2.45, 2.75) is 19.4 Å². The van der Waals surface area contributed by atoms with Crippen molar-refractivity contribution in [2.75, 3.05) is 12.4 Å². The minimum Gasteiger partial charge on any atom is -0.468 e. The number of carbonyl (C=O) groups excluding carboxylic acids is 2. The Labute approximate surface area is 206 Å². The van der Waals surface area contributed by atoms with Gasteiger partial charge in [0.15, 0.2) is 0 Å². The molecule has 0 fully saturated rings. The van der Waals surface area contributed by atoms with Crippen molar-refractivity contribution in [2.24, 2.45) is 0 Å². The van der Waals surface area contributed by atoms with Gasteiger partial charge in [0.25, 0.3) is 5.56 Å². The maximum atomic E-state index is 12.8. The molecule has 0 saturated heterocycles. The third-order valence-electron chi connectivity index (χ3n) is 5.86. The molecule has 0 aliphatic rings. The fourth-order valence-electron chi connectivity index (χ4n) is 4.11. The van der Waals surface area contributed by atoms with Crippen molar-refractivity contribution < 1.29 is 14.3 Å². The zero-order chi connectivity index (χ0) is 25.1.